The van der Waals surface area contributed by atoms with Gasteiger partial charge in [-0.15, -0.1) is 0 Å². The highest BCUT2D eigenvalue weighted by Gasteiger charge is 2.21. The van der Waals surface area contributed by atoms with Crippen LogP contribution in [0.25, 0.3) is 10.9 Å². The maximum atomic E-state index is 6.11. The van der Waals surface area contributed by atoms with Gasteiger partial charge in [0.05, 0.1) is 6.04 Å². The lowest BCUT2D eigenvalue weighted by Crippen LogP contribution is -2.14. The molecule has 2 aromatic heterocycles. The number of para-hydroxylation sites is 1. The van der Waals surface area contributed by atoms with E-state index in [1.807, 2.05) is 24.4 Å². The molecular formula is C22H20ClN3. The molecule has 2 heterocycles. The summed E-state index contributed by atoms with van der Waals surface area (Å²) in [6, 6.07) is 20.4. The van der Waals surface area contributed by atoms with Crippen LogP contribution in [0.15, 0.2) is 66.9 Å². The smallest absolute Gasteiger partial charge is 0.126 e. The maximum Gasteiger partial charge on any atom is 0.126 e. The van der Waals surface area contributed by atoms with Gasteiger partial charge in [-0.1, -0.05) is 41.9 Å². The molecule has 0 bridgehead atoms. The van der Waals surface area contributed by atoms with E-state index >= 15 is 0 Å². The first-order valence-electron chi connectivity index (χ1n) is 8.63. The van der Waals surface area contributed by atoms with E-state index in [-0.39, 0.29) is 6.04 Å². The molecule has 3 nitrogen and oxygen atoms in total. The number of hydrogen-bond acceptors (Lipinski definition) is 2. The summed E-state index contributed by atoms with van der Waals surface area (Å²) in [5.41, 5.74) is 5.83. The third kappa shape index (κ3) is 3.18. The minimum atomic E-state index is -0.0299. The van der Waals surface area contributed by atoms with Crippen molar-refractivity contribution >= 4 is 28.3 Å². The second kappa shape index (κ2) is 6.85. The van der Waals surface area contributed by atoms with Crippen LogP contribution in [0, 0.1) is 13.8 Å². The number of aromatic nitrogens is 2. The summed E-state index contributed by atoms with van der Waals surface area (Å²) in [4.78, 5) is 7.99. The van der Waals surface area contributed by atoms with Crippen LogP contribution in [0.5, 0.6) is 0 Å². The number of fused-ring (bicyclic) bond motifs is 1. The van der Waals surface area contributed by atoms with Crippen molar-refractivity contribution in [3.63, 3.8) is 0 Å². The van der Waals surface area contributed by atoms with Gasteiger partial charge in [-0.25, -0.2) is 4.98 Å². The lowest BCUT2D eigenvalue weighted by atomic mass is 9.96. The second-order valence-corrected chi connectivity index (χ2v) is 6.99. The first-order chi connectivity index (χ1) is 12.6. The van der Waals surface area contributed by atoms with Crippen LogP contribution in [0.2, 0.25) is 5.02 Å². The van der Waals surface area contributed by atoms with E-state index in [0.717, 1.165) is 27.6 Å². The predicted molar refractivity (Wildman–Crippen MR) is 109 cm³/mol. The minimum absolute atomic E-state index is 0.0299. The minimum Gasteiger partial charge on any atom is -0.359 e. The first kappa shape index (κ1) is 16.7. The molecule has 0 saturated carbocycles. The van der Waals surface area contributed by atoms with Crippen molar-refractivity contribution in [2.24, 2.45) is 0 Å². The SMILES string of the molecule is Cc1ccnc(N[C@H](c2ccc(Cl)cc2)c2c(C)[nH]c3ccccc23)c1. The summed E-state index contributed by atoms with van der Waals surface area (Å²) in [6.45, 7) is 4.19. The van der Waals surface area contributed by atoms with Crippen LogP contribution in [0.4, 0.5) is 5.82 Å². The van der Waals surface area contributed by atoms with Crippen molar-refractivity contribution in [2.45, 2.75) is 19.9 Å². The quantitative estimate of drug-likeness (QED) is 0.465. The van der Waals surface area contributed by atoms with Gasteiger partial charge in [0.15, 0.2) is 0 Å². The van der Waals surface area contributed by atoms with E-state index in [0.29, 0.717) is 0 Å². The molecule has 2 N–H and O–H groups in total. The number of halogens is 1. The molecular weight excluding hydrogens is 342 g/mol. The highest BCUT2D eigenvalue weighted by atomic mass is 35.5. The Morgan fingerprint density at radius 1 is 1.00 bits per heavy atom. The van der Waals surface area contributed by atoms with Gasteiger partial charge in [0.1, 0.15) is 5.82 Å². The van der Waals surface area contributed by atoms with Gasteiger partial charge in [0.25, 0.3) is 0 Å². The van der Waals surface area contributed by atoms with Gasteiger partial charge in [-0.3, -0.25) is 0 Å². The van der Waals surface area contributed by atoms with Gasteiger partial charge in [-0.05, 0) is 55.3 Å². The van der Waals surface area contributed by atoms with Crippen LogP contribution in [-0.2, 0) is 0 Å². The summed E-state index contributed by atoms with van der Waals surface area (Å²) in [5.74, 6) is 0.856. The van der Waals surface area contributed by atoms with Gasteiger partial charge in [0.2, 0.25) is 0 Å². The van der Waals surface area contributed by atoms with Gasteiger partial charge >= 0.3 is 0 Å². The Balaban J connectivity index is 1.87. The monoisotopic (exact) mass is 361 g/mol. The Bertz CT molecular complexity index is 1050. The normalized spacial score (nSPS) is 12.3. The molecule has 4 heteroatoms. The van der Waals surface area contributed by atoms with Crippen LogP contribution in [-0.4, -0.2) is 9.97 Å². The van der Waals surface area contributed by atoms with Crippen molar-refractivity contribution < 1.29 is 0 Å². The van der Waals surface area contributed by atoms with E-state index < -0.39 is 0 Å². The van der Waals surface area contributed by atoms with Crippen LogP contribution in [0.1, 0.15) is 28.4 Å². The Morgan fingerprint density at radius 2 is 1.77 bits per heavy atom. The van der Waals surface area contributed by atoms with Crippen LogP contribution >= 0.6 is 11.6 Å². The molecule has 0 saturated heterocycles. The molecule has 0 aliphatic rings. The topological polar surface area (TPSA) is 40.7 Å². The summed E-state index contributed by atoms with van der Waals surface area (Å²) in [5, 5.41) is 5.56. The molecule has 26 heavy (non-hydrogen) atoms. The third-order valence-electron chi connectivity index (χ3n) is 4.64. The molecule has 0 unspecified atom stereocenters. The van der Waals surface area contributed by atoms with E-state index in [1.165, 1.54) is 16.5 Å². The molecule has 130 valence electrons. The number of hydrogen-bond donors (Lipinski definition) is 2. The largest absolute Gasteiger partial charge is 0.359 e. The van der Waals surface area contributed by atoms with Gasteiger partial charge < -0.3 is 10.3 Å². The lowest BCUT2D eigenvalue weighted by molar-refractivity contribution is 0.921. The molecule has 0 spiro atoms. The molecule has 0 aliphatic carbocycles. The Morgan fingerprint density at radius 3 is 2.54 bits per heavy atom. The predicted octanol–water partition coefficient (Wildman–Crippen LogP) is 6.03. The Kier molecular flexibility index (Phi) is 4.39. The molecule has 0 fully saturated rings. The van der Waals surface area contributed by atoms with E-state index in [9.17, 15) is 0 Å². The number of aromatic amines is 1. The average Bonchev–Trinajstić information content (AvgIpc) is 2.96. The van der Waals surface area contributed by atoms with Crippen LogP contribution < -0.4 is 5.32 Å². The van der Waals surface area contributed by atoms with Crippen molar-refractivity contribution in [1.82, 2.24) is 9.97 Å². The van der Waals surface area contributed by atoms with Crippen molar-refractivity contribution in [3.8, 4) is 0 Å². The third-order valence-corrected chi connectivity index (χ3v) is 4.90. The van der Waals surface area contributed by atoms with Crippen LogP contribution in [0.3, 0.4) is 0 Å². The standard InChI is InChI=1S/C22H20ClN3/c1-14-11-12-24-20(13-14)26-22(16-7-9-17(23)10-8-16)21-15(2)25-19-6-4-3-5-18(19)21/h3-13,22,25H,1-2H3,(H,24,26)/t22-/m1/s1. The fraction of sp³-hybridized carbons (Fsp3) is 0.136. The first-order valence-corrected chi connectivity index (χ1v) is 9.01. The zero-order chi connectivity index (χ0) is 18.1. The average molecular weight is 362 g/mol. The second-order valence-electron chi connectivity index (χ2n) is 6.56. The number of H-pyrrole nitrogens is 1. The summed E-state index contributed by atoms with van der Waals surface area (Å²) in [6.07, 6.45) is 1.83. The van der Waals surface area contributed by atoms with Crippen molar-refractivity contribution in [2.75, 3.05) is 5.32 Å². The number of benzene rings is 2. The molecule has 1 atom stereocenters. The number of pyridine rings is 1. The molecule has 0 amide bonds. The molecule has 2 aromatic carbocycles. The number of anilines is 1. The lowest BCUT2D eigenvalue weighted by Gasteiger charge is -2.21. The maximum absolute atomic E-state index is 6.11. The number of rotatable bonds is 4. The van der Waals surface area contributed by atoms with E-state index in [2.05, 4.69) is 71.6 Å². The van der Waals surface area contributed by atoms with E-state index in [4.69, 9.17) is 11.6 Å². The summed E-state index contributed by atoms with van der Waals surface area (Å²) < 4.78 is 0. The number of nitrogens with zero attached hydrogens (tertiary/aromatic N) is 1. The highest BCUT2D eigenvalue weighted by Crippen LogP contribution is 2.34. The Labute approximate surface area is 158 Å². The summed E-state index contributed by atoms with van der Waals surface area (Å²) in [7, 11) is 0. The fourth-order valence-corrected chi connectivity index (χ4v) is 3.54. The zero-order valence-corrected chi connectivity index (χ0v) is 15.5. The summed E-state index contributed by atoms with van der Waals surface area (Å²) >= 11 is 6.11. The van der Waals surface area contributed by atoms with Gasteiger partial charge in [0, 0.05) is 33.4 Å². The van der Waals surface area contributed by atoms with Crippen molar-refractivity contribution in [1.29, 1.82) is 0 Å². The highest BCUT2D eigenvalue weighted by molar-refractivity contribution is 6.30. The molecule has 4 rings (SSSR count). The molecule has 0 aliphatic heterocycles. The Hall–Kier alpha value is -2.78. The molecule has 4 aromatic rings. The van der Waals surface area contributed by atoms with Crippen molar-refractivity contribution in [3.05, 3.63) is 94.3 Å². The zero-order valence-electron chi connectivity index (χ0n) is 14.8. The fourth-order valence-electron chi connectivity index (χ4n) is 3.41. The van der Waals surface area contributed by atoms with E-state index in [1.54, 1.807) is 0 Å². The molecule has 0 radical (unpaired) electrons. The number of aryl methyl sites for hydroxylation is 2. The van der Waals surface area contributed by atoms with Gasteiger partial charge in [-0.2, -0.15) is 0 Å². The number of nitrogens with one attached hydrogen (secondary N) is 2.